The molecule has 2 aliphatic rings. The molecule has 0 radical (unpaired) electrons. The van der Waals surface area contributed by atoms with Gasteiger partial charge in [-0.3, -0.25) is 19.7 Å². The number of hydrogen-bond donors (Lipinski definition) is 2. The number of rotatable bonds is 16. The first kappa shape index (κ1) is 26.2. The summed E-state index contributed by atoms with van der Waals surface area (Å²) in [5.74, 6) is -0.737. The van der Waals surface area contributed by atoms with Gasteiger partial charge in [0.05, 0.1) is 0 Å². The van der Waals surface area contributed by atoms with E-state index in [9.17, 15) is 14.4 Å². The monoisotopic (exact) mass is 469 g/mol. The summed E-state index contributed by atoms with van der Waals surface area (Å²) < 4.78 is 0. The zero-order valence-corrected chi connectivity index (χ0v) is 21.0. The van der Waals surface area contributed by atoms with Gasteiger partial charge in [0.15, 0.2) is 0 Å². The van der Waals surface area contributed by atoms with Gasteiger partial charge in [-0.2, -0.15) is 0 Å². The van der Waals surface area contributed by atoms with Crippen molar-refractivity contribution in [1.82, 2.24) is 10.2 Å². The number of hydrogen-bond acceptors (Lipinski definition) is 4. The van der Waals surface area contributed by atoms with Crippen LogP contribution in [0.1, 0.15) is 119 Å². The Hall–Kier alpha value is -2.37. The van der Waals surface area contributed by atoms with E-state index in [1.807, 2.05) is 18.2 Å². The average molecular weight is 470 g/mol. The molecule has 1 fully saturated rings. The number of carbonyl (C=O) groups excluding carboxylic acids is 3. The van der Waals surface area contributed by atoms with Crippen LogP contribution in [-0.4, -0.2) is 35.2 Å². The maximum Gasteiger partial charge on any atom is 0.255 e. The largest absolute Gasteiger partial charge is 0.385 e. The van der Waals surface area contributed by atoms with Crippen LogP contribution in [0.5, 0.6) is 0 Å². The summed E-state index contributed by atoms with van der Waals surface area (Å²) in [7, 11) is 0. The fourth-order valence-corrected chi connectivity index (χ4v) is 5.12. The van der Waals surface area contributed by atoms with E-state index >= 15 is 0 Å². The van der Waals surface area contributed by atoms with Gasteiger partial charge in [-0.05, 0) is 25.0 Å². The predicted octanol–water partition coefficient (Wildman–Crippen LogP) is 5.95. The molecule has 1 aromatic rings. The summed E-state index contributed by atoms with van der Waals surface area (Å²) in [6, 6.07) is 5.19. The minimum absolute atomic E-state index is 0.117. The molecule has 34 heavy (non-hydrogen) atoms. The van der Waals surface area contributed by atoms with E-state index in [0.717, 1.165) is 24.2 Å². The second-order valence-corrected chi connectivity index (χ2v) is 9.90. The molecule has 6 nitrogen and oxygen atoms in total. The maximum atomic E-state index is 12.9. The third-order valence-electron chi connectivity index (χ3n) is 7.18. The number of carbonyl (C=O) groups is 3. The smallest absolute Gasteiger partial charge is 0.255 e. The van der Waals surface area contributed by atoms with Crippen LogP contribution < -0.4 is 10.6 Å². The quantitative estimate of drug-likeness (QED) is 0.232. The van der Waals surface area contributed by atoms with Gasteiger partial charge in [0, 0.05) is 36.3 Å². The molecule has 1 unspecified atom stereocenters. The molecular weight excluding hydrogens is 426 g/mol. The third-order valence-corrected chi connectivity index (χ3v) is 7.18. The van der Waals surface area contributed by atoms with Gasteiger partial charge in [0.1, 0.15) is 6.04 Å². The average Bonchev–Trinajstić information content (AvgIpc) is 3.16. The van der Waals surface area contributed by atoms with Crippen LogP contribution in [-0.2, 0) is 16.1 Å². The highest BCUT2D eigenvalue weighted by atomic mass is 16.2. The Kier molecular flexibility index (Phi) is 10.9. The number of nitrogens with zero attached hydrogens (tertiary/aromatic N) is 1. The topological polar surface area (TPSA) is 78.5 Å². The molecule has 2 heterocycles. The Labute approximate surface area is 205 Å². The van der Waals surface area contributed by atoms with E-state index < -0.39 is 6.04 Å². The molecule has 1 aromatic carbocycles. The second kappa shape index (κ2) is 14.1. The van der Waals surface area contributed by atoms with Crippen LogP contribution in [0.2, 0.25) is 0 Å². The number of anilines is 1. The Bertz CT molecular complexity index is 823. The van der Waals surface area contributed by atoms with Crippen molar-refractivity contribution in [2.45, 2.75) is 116 Å². The maximum absolute atomic E-state index is 12.9. The summed E-state index contributed by atoms with van der Waals surface area (Å²) in [5, 5.41) is 5.88. The van der Waals surface area contributed by atoms with Gasteiger partial charge in [-0.1, -0.05) is 90.0 Å². The van der Waals surface area contributed by atoms with Crippen molar-refractivity contribution in [2.24, 2.45) is 0 Å². The number of amides is 3. The summed E-state index contributed by atoms with van der Waals surface area (Å²) in [6.45, 7) is 3.58. The Morgan fingerprint density at radius 1 is 0.882 bits per heavy atom. The van der Waals surface area contributed by atoms with Crippen LogP contribution in [0, 0.1) is 0 Å². The van der Waals surface area contributed by atoms with Crippen molar-refractivity contribution in [3.8, 4) is 0 Å². The molecule has 0 bridgehead atoms. The van der Waals surface area contributed by atoms with Gasteiger partial charge in [-0.15, -0.1) is 0 Å². The second-order valence-electron chi connectivity index (χ2n) is 9.90. The molecule has 0 aromatic heterocycles. The van der Waals surface area contributed by atoms with Crippen LogP contribution in [0.4, 0.5) is 5.69 Å². The Morgan fingerprint density at radius 2 is 1.50 bits per heavy atom. The van der Waals surface area contributed by atoms with Crippen LogP contribution >= 0.6 is 0 Å². The molecule has 3 rings (SSSR count). The number of fused-ring (bicyclic) bond motifs is 1. The molecule has 2 N–H and O–H groups in total. The van der Waals surface area contributed by atoms with Gasteiger partial charge in [-0.25, -0.2) is 0 Å². The number of imide groups is 1. The van der Waals surface area contributed by atoms with E-state index in [0.29, 0.717) is 18.5 Å². The zero-order valence-electron chi connectivity index (χ0n) is 21.0. The van der Waals surface area contributed by atoms with Crippen LogP contribution in [0.25, 0.3) is 0 Å². The van der Waals surface area contributed by atoms with E-state index in [1.54, 1.807) is 4.90 Å². The van der Waals surface area contributed by atoms with Crippen molar-refractivity contribution >= 4 is 23.4 Å². The number of piperidine rings is 1. The zero-order chi connectivity index (χ0) is 24.2. The summed E-state index contributed by atoms with van der Waals surface area (Å²) in [4.78, 5) is 38.2. The Morgan fingerprint density at radius 3 is 2.12 bits per heavy atom. The highest BCUT2D eigenvalue weighted by Gasteiger charge is 2.39. The summed E-state index contributed by atoms with van der Waals surface area (Å²) in [5.41, 5.74) is 2.62. The fourth-order valence-electron chi connectivity index (χ4n) is 5.12. The van der Waals surface area contributed by atoms with Gasteiger partial charge < -0.3 is 10.2 Å². The van der Waals surface area contributed by atoms with Crippen molar-refractivity contribution in [3.63, 3.8) is 0 Å². The lowest BCUT2D eigenvalue weighted by molar-refractivity contribution is -0.136. The van der Waals surface area contributed by atoms with Gasteiger partial charge in [0.25, 0.3) is 5.91 Å². The van der Waals surface area contributed by atoms with Gasteiger partial charge >= 0.3 is 0 Å². The van der Waals surface area contributed by atoms with E-state index in [4.69, 9.17) is 0 Å². The lowest BCUT2D eigenvalue weighted by atomic mass is 10.0. The fraction of sp³-hybridized carbons (Fsp3) is 0.679. The molecule has 0 spiro atoms. The first-order chi connectivity index (χ1) is 16.6. The molecule has 0 saturated carbocycles. The number of unbranched alkanes of at least 4 members (excludes halogenated alkanes) is 12. The van der Waals surface area contributed by atoms with E-state index in [1.165, 1.54) is 77.0 Å². The molecule has 6 heteroatoms. The molecule has 1 atom stereocenters. The molecule has 1 saturated heterocycles. The molecule has 3 amide bonds. The van der Waals surface area contributed by atoms with Gasteiger partial charge in [0.2, 0.25) is 11.8 Å². The summed E-state index contributed by atoms with van der Waals surface area (Å²) in [6.07, 6.45) is 18.1. The van der Waals surface area contributed by atoms with Crippen molar-refractivity contribution in [2.75, 3.05) is 11.9 Å². The highest BCUT2D eigenvalue weighted by molar-refractivity contribution is 6.06. The first-order valence-electron chi connectivity index (χ1n) is 13.6. The Balaban J connectivity index is 1.30. The minimum atomic E-state index is -0.563. The lowest BCUT2D eigenvalue weighted by Gasteiger charge is -2.29. The normalized spacial score (nSPS) is 17.7. The van der Waals surface area contributed by atoms with Crippen molar-refractivity contribution < 1.29 is 14.4 Å². The van der Waals surface area contributed by atoms with Crippen molar-refractivity contribution in [1.29, 1.82) is 0 Å². The lowest BCUT2D eigenvalue weighted by Crippen LogP contribution is -2.52. The number of nitrogens with one attached hydrogen (secondary N) is 2. The molecule has 0 aliphatic carbocycles. The number of benzene rings is 1. The SMILES string of the molecule is CCCCCCCCCCCCCCCNc1cccc2c1CN(C1CCC(=O)NC1=O)C2=O. The van der Waals surface area contributed by atoms with Crippen molar-refractivity contribution in [3.05, 3.63) is 29.3 Å². The third kappa shape index (κ3) is 7.57. The standard InChI is InChI=1S/C28H43N3O3/c1-2-3-4-5-6-7-8-9-10-11-12-13-14-20-29-24-17-15-16-22-23(24)21-31(28(22)34)25-18-19-26(32)30-27(25)33/h15-17,25,29H,2-14,18-21H2,1H3,(H,30,32,33). The van der Waals surface area contributed by atoms with Crippen LogP contribution in [0.3, 0.4) is 0 Å². The van der Waals surface area contributed by atoms with Crippen LogP contribution in [0.15, 0.2) is 18.2 Å². The molecule has 2 aliphatic heterocycles. The molecular formula is C28H43N3O3. The van der Waals surface area contributed by atoms with E-state index in [-0.39, 0.29) is 24.1 Å². The minimum Gasteiger partial charge on any atom is -0.385 e. The van der Waals surface area contributed by atoms with E-state index in [2.05, 4.69) is 17.6 Å². The predicted molar refractivity (Wildman–Crippen MR) is 137 cm³/mol. The highest BCUT2D eigenvalue weighted by Crippen LogP contribution is 2.32. The molecule has 188 valence electrons. The first-order valence-corrected chi connectivity index (χ1v) is 13.6. The summed E-state index contributed by atoms with van der Waals surface area (Å²) >= 11 is 0.